The average Bonchev–Trinajstić information content (AvgIpc) is 2.72. The molecule has 0 amide bonds. The molecule has 0 aromatic heterocycles. The fourth-order valence-electron chi connectivity index (χ4n) is 1.27. The Bertz CT molecular complexity index is 314. The number of ether oxygens (including phenoxy) is 1. The average molecular weight is 192 g/mol. The molecule has 74 valence electrons. The zero-order chi connectivity index (χ0) is 9.80. The van der Waals surface area contributed by atoms with Gasteiger partial charge in [-0.2, -0.15) is 10.1 Å². The van der Waals surface area contributed by atoms with Gasteiger partial charge in [0.15, 0.2) is 0 Å². The molecule has 0 saturated heterocycles. The Kier molecular flexibility index (Phi) is 2.60. The highest BCUT2D eigenvalue weighted by Crippen LogP contribution is 2.12. The number of rotatable bonds is 3. The van der Waals surface area contributed by atoms with E-state index >= 15 is 0 Å². The molecule has 5 nitrogen and oxygen atoms in total. The van der Waals surface area contributed by atoms with Crippen molar-refractivity contribution in [1.82, 2.24) is 10.5 Å². The highest BCUT2D eigenvalue weighted by Gasteiger charge is 2.07. The van der Waals surface area contributed by atoms with Gasteiger partial charge in [-0.1, -0.05) is 17.4 Å². The first kappa shape index (κ1) is 8.96. The van der Waals surface area contributed by atoms with Crippen molar-refractivity contribution in [2.45, 2.75) is 6.54 Å². The third kappa shape index (κ3) is 2.00. The Morgan fingerprint density at radius 3 is 2.79 bits per heavy atom. The number of hydrogen-bond acceptors (Lipinski definition) is 5. The van der Waals surface area contributed by atoms with Crippen molar-refractivity contribution < 1.29 is 4.74 Å². The smallest absolute Gasteiger partial charge is 0.133 e. The predicted octanol–water partition coefficient (Wildman–Crippen LogP) is 1.34. The number of nitrogens with one attached hydrogen (secondary N) is 1. The van der Waals surface area contributed by atoms with E-state index in [1.165, 1.54) is 5.56 Å². The molecule has 1 aromatic rings. The first-order chi connectivity index (χ1) is 6.88. The minimum absolute atomic E-state index is 0.603. The van der Waals surface area contributed by atoms with E-state index < -0.39 is 0 Å². The molecule has 1 aliphatic rings. The van der Waals surface area contributed by atoms with Gasteiger partial charge < -0.3 is 4.74 Å². The lowest BCUT2D eigenvalue weighted by Gasteiger charge is -2.12. The summed E-state index contributed by atoms with van der Waals surface area (Å²) >= 11 is 0. The first-order valence-electron chi connectivity index (χ1n) is 4.38. The van der Waals surface area contributed by atoms with Crippen molar-refractivity contribution in [3.8, 4) is 5.75 Å². The Morgan fingerprint density at radius 1 is 1.43 bits per heavy atom. The van der Waals surface area contributed by atoms with Gasteiger partial charge in [0.2, 0.25) is 0 Å². The highest BCUT2D eigenvalue weighted by molar-refractivity contribution is 5.26. The van der Waals surface area contributed by atoms with Crippen molar-refractivity contribution in [2.75, 3.05) is 13.8 Å². The summed E-state index contributed by atoms with van der Waals surface area (Å²) in [6.07, 6.45) is 0. The van der Waals surface area contributed by atoms with E-state index in [4.69, 9.17) is 4.74 Å². The summed E-state index contributed by atoms with van der Waals surface area (Å²) in [6, 6.07) is 7.94. The van der Waals surface area contributed by atoms with Crippen molar-refractivity contribution in [3.63, 3.8) is 0 Å². The van der Waals surface area contributed by atoms with Crippen LogP contribution in [0.25, 0.3) is 0 Å². The van der Waals surface area contributed by atoms with Gasteiger partial charge in [0.1, 0.15) is 12.4 Å². The topological polar surface area (TPSA) is 49.2 Å². The largest absolute Gasteiger partial charge is 0.497 e. The maximum Gasteiger partial charge on any atom is 0.133 e. The maximum absolute atomic E-state index is 5.07. The highest BCUT2D eigenvalue weighted by atomic mass is 16.5. The second kappa shape index (κ2) is 4.06. The Balaban J connectivity index is 1.96. The van der Waals surface area contributed by atoms with Crippen LogP contribution in [0.2, 0.25) is 0 Å². The van der Waals surface area contributed by atoms with Gasteiger partial charge in [0.25, 0.3) is 0 Å². The quantitative estimate of drug-likeness (QED) is 0.786. The maximum atomic E-state index is 5.07. The third-order valence-electron chi connectivity index (χ3n) is 2.02. The molecule has 0 spiro atoms. The monoisotopic (exact) mass is 192 g/mol. The van der Waals surface area contributed by atoms with Crippen molar-refractivity contribution in [2.24, 2.45) is 10.3 Å². The van der Waals surface area contributed by atoms with Crippen LogP contribution in [0.1, 0.15) is 5.56 Å². The van der Waals surface area contributed by atoms with Crippen LogP contribution in [0, 0.1) is 0 Å². The van der Waals surface area contributed by atoms with E-state index in [9.17, 15) is 0 Å². The molecule has 0 fully saturated rings. The van der Waals surface area contributed by atoms with Crippen LogP contribution in [-0.4, -0.2) is 18.8 Å². The lowest BCUT2D eigenvalue weighted by atomic mass is 10.2. The number of methoxy groups -OCH3 is 1. The number of hydrogen-bond donors (Lipinski definition) is 1. The van der Waals surface area contributed by atoms with Crippen LogP contribution in [0.5, 0.6) is 5.75 Å². The lowest BCUT2D eigenvalue weighted by molar-refractivity contribution is 0.228. The van der Waals surface area contributed by atoms with E-state index in [2.05, 4.69) is 15.9 Å². The summed E-state index contributed by atoms with van der Waals surface area (Å²) in [5, 5.41) is 9.40. The predicted molar refractivity (Wildman–Crippen MR) is 51.4 cm³/mol. The lowest BCUT2D eigenvalue weighted by Crippen LogP contribution is -2.28. The van der Waals surface area contributed by atoms with Gasteiger partial charge >= 0.3 is 0 Å². The molecule has 1 aromatic carbocycles. The van der Waals surface area contributed by atoms with E-state index in [-0.39, 0.29) is 0 Å². The molecule has 5 heteroatoms. The van der Waals surface area contributed by atoms with Gasteiger partial charge in [-0.05, 0) is 17.7 Å². The summed E-state index contributed by atoms with van der Waals surface area (Å²) in [7, 11) is 1.66. The zero-order valence-electron chi connectivity index (χ0n) is 7.97. The Labute approximate surface area is 82.3 Å². The molecule has 1 aliphatic heterocycles. The van der Waals surface area contributed by atoms with Crippen LogP contribution in [0.4, 0.5) is 0 Å². The Hall–Kier alpha value is -1.62. The third-order valence-corrected chi connectivity index (χ3v) is 2.02. The first-order valence-corrected chi connectivity index (χ1v) is 4.38. The van der Waals surface area contributed by atoms with Crippen molar-refractivity contribution in [3.05, 3.63) is 29.8 Å². The van der Waals surface area contributed by atoms with Crippen LogP contribution < -0.4 is 10.3 Å². The SMILES string of the molecule is COc1ccc(CN2CN=NN2)cc1. The summed E-state index contributed by atoms with van der Waals surface area (Å²) in [4.78, 5) is 0. The molecule has 0 saturated carbocycles. The van der Waals surface area contributed by atoms with Crippen LogP contribution in [0.3, 0.4) is 0 Å². The Morgan fingerprint density at radius 2 is 2.21 bits per heavy atom. The molecule has 1 N–H and O–H groups in total. The summed E-state index contributed by atoms with van der Waals surface area (Å²) < 4.78 is 5.07. The van der Waals surface area contributed by atoms with E-state index in [1.807, 2.05) is 29.3 Å². The van der Waals surface area contributed by atoms with E-state index in [1.54, 1.807) is 7.11 Å². The second-order valence-corrected chi connectivity index (χ2v) is 3.03. The molecule has 0 radical (unpaired) electrons. The molecule has 0 atom stereocenters. The molecule has 0 aliphatic carbocycles. The molecular weight excluding hydrogens is 180 g/mol. The molecule has 14 heavy (non-hydrogen) atoms. The minimum atomic E-state index is 0.603. The number of benzene rings is 1. The fraction of sp³-hybridized carbons (Fsp3) is 0.333. The molecule has 1 heterocycles. The van der Waals surface area contributed by atoms with Crippen LogP contribution >= 0.6 is 0 Å². The van der Waals surface area contributed by atoms with Crippen molar-refractivity contribution in [1.29, 1.82) is 0 Å². The summed E-state index contributed by atoms with van der Waals surface area (Å²) in [5.74, 6) is 0.873. The number of hydrazine groups is 1. The van der Waals surface area contributed by atoms with Gasteiger partial charge in [-0.15, -0.1) is 0 Å². The van der Waals surface area contributed by atoms with Crippen LogP contribution in [-0.2, 0) is 6.54 Å². The van der Waals surface area contributed by atoms with Gasteiger partial charge in [0.05, 0.1) is 7.11 Å². The minimum Gasteiger partial charge on any atom is -0.497 e. The summed E-state index contributed by atoms with van der Waals surface area (Å²) in [6.45, 7) is 1.39. The zero-order valence-corrected chi connectivity index (χ0v) is 7.97. The number of nitrogens with zero attached hydrogens (tertiary/aromatic N) is 3. The summed E-state index contributed by atoms with van der Waals surface area (Å²) in [5.41, 5.74) is 3.99. The van der Waals surface area contributed by atoms with Gasteiger partial charge in [-0.25, -0.2) is 5.53 Å². The van der Waals surface area contributed by atoms with Gasteiger partial charge in [-0.3, -0.25) is 0 Å². The second-order valence-electron chi connectivity index (χ2n) is 3.03. The molecular formula is C9H12N4O. The molecule has 2 rings (SSSR count). The van der Waals surface area contributed by atoms with Gasteiger partial charge in [0, 0.05) is 6.54 Å². The fourth-order valence-corrected chi connectivity index (χ4v) is 1.27. The molecule has 0 unspecified atom stereocenters. The van der Waals surface area contributed by atoms with Crippen molar-refractivity contribution >= 4 is 0 Å². The van der Waals surface area contributed by atoms with E-state index in [0.29, 0.717) is 6.67 Å². The van der Waals surface area contributed by atoms with E-state index in [0.717, 1.165) is 12.3 Å². The standard InChI is InChI=1S/C9H12N4O/c1-14-9-4-2-8(3-5-9)6-13-7-10-11-12-13/h2-5H,6-7H2,1H3,(H,10,12). The van der Waals surface area contributed by atoms with Crippen LogP contribution in [0.15, 0.2) is 34.6 Å². The molecule has 0 bridgehead atoms. The normalized spacial score (nSPS) is 15.5.